The number of nitrogens with zero attached hydrogens (tertiary/aromatic N) is 2. The Morgan fingerprint density at radius 3 is 2.59 bits per heavy atom. The lowest BCUT2D eigenvalue weighted by atomic mass is 9.51. The van der Waals surface area contributed by atoms with Gasteiger partial charge in [0, 0.05) is 37.7 Å². The third kappa shape index (κ3) is 2.85. The van der Waals surface area contributed by atoms with Crippen LogP contribution in [0.15, 0.2) is 4.99 Å². The first-order valence-electron chi connectivity index (χ1n) is 9.05. The number of ether oxygens (including phenoxy) is 1. The number of rotatable bonds is 4. The Balaban J connectivity index is 1.61. The first kappa shape index (κ1) is 16.1. The third-order valence-corrected chi connectivity index (χ3v) is 5.81. The summed E-state index contributed by atoms with van der Waals surface area (Å²) >= 11 is 0. The van der Waals surface area contributed by atoms with Crippen molar-refractivity contribution in [2.75, 3.05) is 26.2 Å². The molecule has 0 bridgehead atoms. The zero-order chi connectivity index (χ0) is 15.6. The maximum Gasteiger partial charge on any atom is 0.194 e. The number of likely N-dealkylation sites (tertiary alicyclic amines) is 1. The lowest BCUT2D eigenvalue weighted by Gasteiger charge is -2.61. The van der Waals surface area contributed by atoms with Crippen LogP contribution in [0.5, 0.6) is 0 Å². The highest BCUT2D eigenvalue weighted by Gasteiger charge is 2.59. The van der Waals surface area contributed by atoms with Crippen molar-refractivity contribution in [3.63, 3.8) is 0 Å². The van der Waals surface area contributed by atoms with Crippen LogP contribution in [0, 0.1) is 5.41 Å². The van der Waals surface area contributed by atoms with Gasteiger partial charge in [0.05, 0.1) is 12.2 Å². The quantitative estimate of drug-likeness (QED) is 0.614. The average molecular weight is 309 g/mol. The van der Waals surface area contributed by atoms with Crippen LogP contribution >= 0.6 is 0 Å². The SMILES string of the molecule is CCN=C(NC1CC(OCC)C12CCC2)N1CCC(O)CC1. The van der Waals surface area contributed by atoms with E-state index in [1.54, 1.807) is 0 Å². The fourth-order valence-corrected chi connectivity index (χ4v) is 4.26. The van der Waals surface area contributed by atoms with E-state index >= 15 is 0 Å². The Kier molecular flexibility index (Phi) is 4.93. The van der Waals surface area contributed by atoms with Crippen LogP contribution < -0.4 is 5.32 Å². The molecule has 0 aromatic rings. The van der Waals surface area contributed by atoms with Crippen LogP contribution in [0.2, 0.25) is 0 Å². The molecule has 5 heteroatoms. The highest BCUT2D eigenvalue weighted by atomic mass is 16.5. The van der Waals surface area contributed by atoms with E-state index in [1.165, 1.54) is 19.3 Å². The highest BCUT2D eigenvalue weighted by molar-refractivity contribution is 5.80. The van der Waals surface area contributed by atoms with Crippen molar-refractivity contribution in [1.29, 1.82) is 0 Å². The maximum absolute atomic E-state index is 9.70. The first-order chi connectivity index (χ1) is 10.7. The summed E-state index contributed by atoms with van der Waals surface area (Å²) in [7, 11) is 0. The Morgan fingerprint density at radius 1 is 1.32 bits per heavy atom. The molecule has 2 saturated carbocycles. The third-order valence-electron chi connectivity index (χ3n) is 5.81. The van der Waals surface area contributed by atoms with E-state index in [-0.39, 0.29) is 6.10 Å². The van der Waals surface area contributed by atoms with Crippen molar-refractivity contribution in [1.82, 2.24) is 10.2 Å². The lowest BCUT2D eigenvalue weighted by molar-refractivity contribution is -0.169. The Labute approximate surface area is 134 Å². The molecular formula is C17H31N3O2. The molecule has 1 saturated heterocycles. The van der Waals surface area contributed by atoms with Crippen molar-refractivity contribution in [3.8, 4) is 0 Å². The van der Waals surface area contributed by atoms with E-state index in [9.17, 15) is 5.11 Å². The summed E-state index contributed by atoms with van der Waals surface area (Å²) < 4.78 is 5.94. The summed E-state index contributed by atoms with van der Waals surface area (Å²) in [5.74, 6) is 1.04. The molecule has 0 amide bonds. The largest absolute Gasteiger partial charge is 0.393 e. The van der Waals surface area contributed by atoms with Gasteiger partial charge in [-0.25, -0.2) is 0 Å². The number of piperidine rings is 1. The minimum Gasteiger partial charge on any atom is -0.393 e. The van der Waals surface area contributed by atoms with Crippen molar-refractivity contribution >= 4 is 5.96 Å². The zero-order valence-electron chi connectivity index (χ0n) is 14.1. The van der Waals surface area contributed by atoms with Gasteiger partial charge in [-0.2, -0.15) is 0 Å². The van der Waals surface area contributed by atoms with Gasteiger partial charge in [-0.1, -0.05) is 6.42 Å². The minimum absolute atomic E-state index is 0.136. The molecule has 0 radical (unpaired) electrons. The van der Waals surface area contributed by atoms with Crippen molar-refractivity contribution in [2.45, 2.75) is 70.6 Å². The molecule has 0 aromatic carbocycles. The molecule has 2 N–H and O–H groups in total. The normalized spacial score (nSPS) is 31.8. The predicted molar refractivity (Wildman–Crippen MR) is 88.0 cm³/mol. The van der Waals surface area contributed by atoms with Gasteiger partial charge in [-0.05, 0) is 46.0 Å². The Hall–Kier alpha value is -0.810. The Morgan fingerprint density at radius 2 is 2.05 bits per heavy atom. The Bertz CT molecular complexity index is 401. The standard InChI is InChI=1S/C17H31N3O2/c1-3-18-16(20-10-6-13(21)7-11-20)19-14-12-15(22-4-2)17(14)8-5-9-17/h13-15,21H,3-12H2,1-2H3,(H,18,19). The summed E-state index contributed by atoms with van der Waals surface area (Å²) in [4.78, 5) is 7.01. The van der Waals surface area contributed by atoms with E-state index in [0.717, 1.165) is 51.5 Å². The zero-order valence-corrected chi connectivity index (χ0v) is 14.1. The fourth-order valence-electron chi connectivity index (χ4n) is 4.26. The van der Waals surface area contributed by atoms with Crippen LogP contribution in [0.3, 0.4) is 0 Å². The van der Waals surface area contributed by atoms with Crippen molar-refractivity contribution < 1.29 is 9.84 Å². The molecule has 126 valence electrons. The highest BCUT2D eigenvalue weighted by Crippen LogP contribution is 2.57. The molecule has 0 aromatic heterocycles. The lowest BCUT2D eigenvalue weighted by Crippen LogP contribution is -2.69. The number of nitrogens with one attached hydrogen (secondary N) is 1. The summed E-state index contributed by atoms with van der Waals surface area (Å²) in [5, 5.41) is 13.4. The molecule has 3 fully saturated rings. The summed E-state index contributed by atoms with van der Waals surface area (Å²) in [5.41, 5.74) is 0.361. The van der Waals surface area contributed by atoms with E-state index < -0.39 is 0 Å². The second-order valence-electron chi connectivity index (χ2n) is 6.98. The van der Waals surface area contributed by atoms with Gasteiger partial charge in [-0.3, -0.25) is 4.99 Å². The number of aliphatic hydroxyl groups is 1. The van der Waals surface area contributed by atoms with Gasteiger partial charge in [0.25, 0.3) is 0 Å². The molecule has 2 aliphatic carbocycles. The van der Waals surface area contributed by atoms with Gasteiger partial charge in [0.1, 0.15) is 0 Å². The smallest absolute Gasteiger partial charge is 0.194 e. The molecule has 22 heavy (non-hydrogen) atoms. The second-order valence-corrected chi connectivity index (χ2v) is 6.98. The van der Waals surface area contributed by atoms with Crippen molar-refractivity contribution in [3.05, 3.63) is 0 Å². The first-order valence-corrected chi connectivity index (χ1v) is 9.05. The van der Waals surface area contributed by atoms with Crippen LogP contribution in [0.4, 0.5) is 0 Å². The van der Waals surface area contributed by atoms with Gasteiger partial charge < -0.3 is 20.1 Å². The van der Waals surface area contributed by atoms with Gasteiger partial charge in [-0.15, -0.1) is 0 Å². The number of hydrogen-bond donors (Lipinski definition) is 2. The van der Waals surface area contributed by atoms with E-state index in [2.05, 4.69) is 24.1 Å². The molecule has 2 unspecified atom stereocenters. The van der Waals surface area contributed by atoms with Crippen LogP contribution in [-0.4, -0.2) is 60.5 Å². The van der Waals surface area contributed by atoms with Gasteiger partial charge in [0.15, 0.2) is 5.96 Å². The summed E-state index contributed by atoms with van der Waals surface area (Å²) in [6, 6.07) is 0.509. The van der Waals surface area contributed by atoms with Crippen LogP contribution in [0.25, 0.3) is 0 Å². The maximum atomic E-state index is 9.70. The van der Waals surface area contributed by atoms with Crippen LogP contribution in [0.1, 0.15) is 52.4 Å². The predicted octanol–water partition coefficient (Wildman–Crippen LogP) is 1.76. The molecule has 3 rings (SSSR count). The summed E-state index contributed by atoms with van der Waals surface area (Å²) in [6.45, 7) is 7.61. The van der Waals surface area contributed by atoms with Gasteiger partial charge in [0.2, 0.25) is 0 Å². The minimum atomic E-state index is -0.136. The van der Waals surface area contributed by atoms with Crippen LogP contribution in [-0.2, 0) is 4.74 Å². The molecule has 1 aliphatic heterocycles. The molecule has 5 nitrogen and oxygen atoms in total. The number of hydrogen-bond acceptors (Lipinski definition) is 3. The molecule has 2 atom stereocenters. The number of aliphatic hydroxyl groups excluding tert-OH is 1. The average Bonchev–Trinajstić information content (AvgIpc) is 2.44. The van der Waals surface area contributed by atoms with Gasteiger partial charge >= 0.3 is 0 Å². The van der Waals surface area contributed by atoms with E-state index in [1.807, 2.05) is 0 Å². The van der Waals surface area contributed by atoms with E-state index in [4.69, 9.17) is 9.73 Å². The monoisotopic (exact) mass is 309 g/mol. The van der Waals surface area contributed by atoms with Crippen molar-refractivity contribution in [2.24, 2.45) is 10.4 Å². The topological polar surface area (TPSA) is 57.1 Å². The fraction of sp³-hybridized carbons (Fsp3) is 0.941. The second kappa shape index (κ2) is 6.75. The molecule has 1 heterocycles. The summed E-state index contributed by atoms with van der Waals surface area (Å²) in [6.07, 6.45) is 7.01. The molecule has 3 aliphatic rings. The molecule has 1 spiro atoms. The number of aliphatic imine (C=N–C) groups is 1. The van der Waals surface area contributed by atoms with E-state index in [0.29, 0.717) is 17.6 Å². The molecular weight excluding hydrogens is 278 g/mol. The number of guanidine groups is 1.